The lowest BCUT2D eigenvalue weighted by Gasteiger charge is -2.35. The van der Waals surface area contributed by atoms with Gasteiger partial charge >= 0.3 is 0 Å². The molecule has 1 amide bonds. The summed E-state index contributed by atoms with van der Waals surface area (Å²) in [5.41, 5.74) is 1.44. The van der Waals surface area contributed by atoms with Crippen molar-refractivity contribution >= 4 is 27.3 Å². The van der Waals surface area contributed by atoms with Crippen molar-refractivity contribution in [2.24, 2.45) is 0 Å². The molecule has 0 saturated carbocycles. The van der Waals surface area contributed by atoms with Gasteiger partial charge in [-0.25, -0.2) is 8.42 Å². The molecule has 3 aromatic rings. The zero-order valence-electron chi connectivity index (χ0n) is 17.0. The number of carbonyl (C=O) groups is 1. The quantitative estimate of drug-likeness (QED) is 0.632. The second-order valence-electron chi connectivity index (χ2n) is 7.02. The predicted molar refractivity (Wildman–Crippen MR) is 117 cm³/mol. The van der Waals surface area contributed by atoms with E-state index in [0.29, 0.717) is 31.9 Å². The van der Waals surface area contributed by atoms with Crippen molar-refractivity contribution in [2.75, 3.05) is 43.5 Å². The molecule has 0 unspecified atom stereocenters. The lowest BCUT2D eigenvalue weighted by molar-refractivity contribution is 0.0996. The predicted octanol–water partition coefficient (Wildman–Crippen LogP) is 3.05. The van der Waals surface area contributed by atoms with Crippen LogP contribution in [0.1, 0.15) is 10.6 Å². The Morgan fingerprint density at radius 3 is 2.32 bits per heavy atom. The fourth-order valence-electron chi connectivity index (χ4n) is 3.52. The van der Waals surface area contributed by atoms with Gasteiger partial charge in [-0.3, -0.25) is 4.79 Å². The first-order valence-electron chi connectivity index (χ1n) is 9.82. The smallest absolute Gasteiger partial charge is 0.291 e. The van der Waals surface area contributed by atoms with Gasteiger partial charge in [0.15, 0.2) is 5.76 Å². The van der Waals surface area contributed by atoms with Crippen molar-refractivity contribution in [1.29, 1.82) is 0 Å². The van der Waals surface area contributed by atoms with Gasteiger partial charge in [0.05, 0.1) is 24.0 Å². The maximum absolute atomic E-state index is 13.1. The van der Waals surface area contributed by atoms with Crippen LogP contribution in [-0.2, 0) is 10.0 Å². The van der Waals surface area contributed by atoms with Gasteiger partial charge in [0, 0.05) is 31.9 Å². The molecule has 0 spiro atoms. The molecule has 0 bridgehead atoms. The van der Waals surface area contributed by atoms with Crippen LogP contribution in [-0.4, -0.2) is 51.9 Å². The number of piperazine rings is 1. The standard InChI is InChI=1S/C22H23N3O5S/c1-29-20-6-3-2-5-19(20)24-12-14-25(15-13-24)31(27,28)18-10-8-17(9-11-18)23-22(26)21-7-4-16-30-21/h2-11,16H,12-15H2,1H3,(H,23,26). The maximum atomic E-state index is 13.1. The number of rotatable bonds is 6. The second kappa shape index (κ2) is 8.83. The average molecular weight is 442 g/mol. The number of methoxy groups -OCH3 is 1. The van der Waals surface area contributed by atoms with E-state index in [9.17, 15) is 13.2 Å². The minimum atomic E-state index is -3.63. The summed E-state index contributed by atoms with van der Waals surface area (Å²) in [5.74, 6) is 0.559. The molecule has 1 fully saturated rings. The van der Waals surface area contributed by atoms with Crippen molar-refractivity contribution < 1.29 is 22.4 Å². The van der Waals surface area contributed by atoms with E-state index < -0.39 is 15.9 Å². The number of amides is 1. The highest BCUT2D eigenvalue weighted by atomic mass is 32.2. The van der Waals surface area contributed by atoms with Gasteiger partial charge in [-0.2, -0.15) is 4.31 Å². The Morgan fingerprint density at radius 1 is 0.968 bits per heavy atom. The molecule has 0 aliphatic carbocycles. The third-order valence-corrected chi connectivity index (χ3v) is 7.07. The van der Waals surface area contributed by atoms with Gasteiger partial charge in [0.25, 0.3) is 5.91 Å². The van der Waals surface area contributed by atoms with Gasteiger partial charge in [-0.05, 0) is 48.5 Å². The maximum Gasteiger partial charge on any atom is 0.291 e. The number of anilines is 2. The first-order valence-corrected chi connectivity index (χ1v) is 11.3. The summed E-state index contributed by atoms with van der Waals surface area (Å²) in [7, 11) is -2.00. The number of furan rings is 1. The number of para-hydroxylation sites is 2. The molecule has 8 nitrogen and oxygen atoms in total. The summed E-state index contributed by atoms with van der Waals surface area (Å²) in [5, 5.41) is 2.68. The number of benzene rings is 2. The molecule has 1 saturated heterocycles. The van der Waals surface area contributed by atoms with E-state index in [-0.39, 0.29) is 10.7 Å². The van der Waals surface area contributed by atoms with E-state index in [4.69, 9.17) is 9.15 Å². The SMILES string of the molecule is COc1ccccc1N1CCN(S(=O)(=O)c2ccc(NC(=O)c3ccco3)cc2)CC1. The summed E-state index contributed by atoms with van der Waals surface area (Å²) >= 11 is 0. The van der Waals surface area contributed by atoms with Gasteiger partial charge in [0.1, 0.15) is 5.75 Å². The summed E-state index contributed by atoms with van der Waals surface area (Å²) < 4.78 is 38.1. The molecule has 1 aliphatic heterocycles. The monoisotopic (exact) mass is 441 g/mol. The molecule has 4 rings (SSSR count). The molecule has 2 aromatic carbocycles. The van der Waals surface area contributed by atoms with E-state index in [2.05, 4.69) is 10.2 Å². The molecule has 0 atom stereocenters. The molecule has 162 valence electrons. The highest BCUT2D eigenvalue weighted by Crippen LogP contribution is 2.29. The summed E-state index contributed by atoms with van der Waals surface area (Å²) in [6, 6.07) is 17.0. The normalized spacial score (nSPS) is 14.9. The number of sulfonamides is 1. The molecule has 1 aliphatic rings. The average Bonchev–Trinajstić information content (AvgIpc) is 3.35. The van der Waals surface area contributed by atoms with E-state index in [1.54, 1.807) is 31.4 Å². The first kappa shape index (κ1) is 21.0. The number of hydrogen-bond donors (Lipinski definition) is 1. The minimum Gasteiger partial charge on any atom is -0.495 e. The van der Waals surface area contributed by atoms with Gasteiger partial charge in [-0.1, -0.05) is 12.1 Å². The van der Waals surface area contributed by atoms with Crippen molar-refractivity contribution in [1.82, 2.24) is 4.31 Å². The Morgan fingerprint density at radius 2 is 1.68 bits per heavy atom. The van der Waals surface area contributed by atoms with E-state index in [1.807, 2.05) is 24.3 Å². The van der Waals surface area contributed by atoms with Crippen LogP contribution in [0, 0.1) is 0 Å². The third kappa shape index (κ3) is 4.42. The van der Waals surface area contributed by atoms with Crippen LogP contribution in [0.5, 0.6) is 5.75 Å². The molecular weight excluding hydrogens is 418 g/mol. The van der Waals surface area contributed by atoms with E-state index >= 15 is 0 Å². The summed E-state index contributed by atoms with van der Waals surface area (Å²) in [6.07, 6.45) is 1.41. The fraction of sp³-hybridized carbons (Fsp3) is 0.227. The van der Waals surface area contributed by atoms with Crippen molar-refractivity contribution in [3.05, 3.63) is 72.7 Å². The Labute approximate surface area is 181 Å². The van der Waals surface area contributed by atoms with Crippen molar-refractivity contribution in [3.63, 3.8) is 0 Å². The number of nitrogens with one attached hydrogen (secondary N) is 1. The molecule has 9 heteroatoms. The highest BCUT2D eigenvalue weighted by Gasteiger charge is 2.29. The van der Waals surface area contributed by atoms with Crippen LogP contribution >= 0.6 is 0 Å². The lowest BCUT2D eigenvalue weighted by atomic mass is 10.2. The van der Waals surface area contributed by atoms with Crippen LogP contribution in [0.2, 0.25) is 0 Å². The zero-order valence-corrected chi connectivity index (χ0v) is 17.8. The van der Waals surface area contributed by atoms with Crippen LogP contribution in [0.3, 0.4) is 0 Å². The number of carbonyl (C=O) groups excluding carboxylic acids is 1. The molecule has 1 aromatic heterocycles. The van der Waals surface area contributed by atoms with Crippen molar-refractivity contribution in [3.8, 4) is 5.75 Å². The van der Waals surface area contributed by atoms with E-state index in [0.717, 1.165) is 11.4 Å². The Bertz CT molecular complexity index is 1140. The lowest BCUT2D eigenvalue weighted by Crippen LogP contribution is -2.48. The molecule has 0 radical (unpaired) electrons. The van der Waals surface area contributed by atoms with Gasteiger partial charge in [-0.15, -0.1) is 0 Å². The molecule has 1 N–H and O–H groups in total. The Balaban J connectivity index is 1.41. The van der Waals surface area contributed by atoms with Crippen LogP contribution in [0.15, 0.2) is 76.2 Å². The van der Waals surface area contributed by atoms with Crippen LogP contribution < -0.4 is 15.0 Å². The first-order chi connectivity index (χ1) is 15.0. The molecule has 31 heavy (non-hydrogen) atoms. The molecule has 2 heterocycles. The van der Waals surface area contributed by atoms with Crippen LogP contribution in [0.4, 0.5) is 11.4 Å². The molecular formula is C22H23N3O5S. The highest BCUT2D eigenvalue weighted by molar-refractivity contribution is 7.89. The second-order valence-corrected chi connectivity index (χ2v) is 8.96. The third-order valence-electron chi connectivity index (χ3n) is 5.16. The Kier molecular flexibility index (Phi) is 5.97. The zero-order chi connectivity index (χ0) is 21.8. The fourth-order valence-corrected chi connectivity index (χ4v) is 4.94. The largest absolute Gasteiger partial charge is 0.495 e. The summed E-state index contributed by atoms with van der Waals surface area (Å²) in [6.45, 7) is 1.88. The minimum absolute atomic E-state index is 0.185. The van der Waals surface area contributed by atoms with Gasteiger partial charge < -0.3 is 19.4 Å². The number of nitrogens with zero attached hydrogens (tertiary/aromatic N) is 2. The van der Waals surface area contributed by atoms with Gasteiger partial charge in [0.2, 0.25) is 10.0 Å². The topological polar surface area (TPSA) is 92.1 Å². The van der Waals surface area contributed by atoms with E-state index in [1.165, 1.54) is 22.7 Å². The Hall–Kier alpha value is -3.30. The van der Waals surface area contributed by atoms with Crippen molar-refractivity contribution in [2.45, 2.75) is 4.90 Å². The van der Waals surface area contributed by atoms with Crippen LogP contribution in [0.25, 0.3) is 0 Å². The summed E-state index contributed by atoms with van der Waals surface area (Å²) in [4.78, 5) is 14.4. The number of ether oxygens (including phenoxy) is 1. The number of hydrogen-bond acceptors (Lipinski definition) is 6.